The predicted molar refractivity (Wildman–Crippen MR) is 133 cm³/mol. The van der Waals surface area contributed by atoms with Crippen LogP contribution in [-0.4, -0.2) is 34.5 Å². The summed E-state index contributed by atoms with van der Waals surface area (Å²) in [6.45, 7) is 7.07. The third-order valence-electron chi connectivity index (χ3n) is 5.58. The number of rotatable bonds is 8. The lowest BCUT2D eigenvalue weighted by Gasteiger charge is -2.14. The number of aromatic nitrogens is 3. The van der Waals surface area contributed by atoms with Gasteiger partial charge in [0.1, 0.15) is 12.1 Å². The first-order valence-corrected chi connectivity index (χ1v) is 10.9. The van der Waals surface area contributed by atoms with Crippen LogP contribution in [0.25, 0.3) is 16.7 Å². The highest BCUT2D eigenvalue weighted by Gasteiger charge is 2.10. The maximum atomic E-state index is 7.37. The maximum Gasteiger partial charge on any atom is 0.161 e. The van der Waals surface area contributed by atoms with Gasteiger partial charge in [-0.1, -0.05) is 42.5 Å². The highest BCUT2D eigenvalue weighted by molar-refractivity contribution is 6.07. The monoisotopic (exact) mass is 440 g/mol. The third-order valence-corrected chi connectivity index (χ3v) is 5.58. The number of hydrogen-bond donors (Lipinski definition) is 1. The topological polar surface area (TPSA) is 73.0 Å². The molecule has 0 aliphatic heterocycles. The molecule has 2 aromatic heterocycles. The second-order valence-electron chi connectivity index (χ2n) is 8.02. The summed E-state index contributed by atoms with van der Waals surface area (Å²) in [6, 6.07) is 7.87. The molecule has 1 aromatic carbocycles. The average molecular weight is 441 g/mol. The van der Waals surface area contributed by atoms with Crippen LogP contribution in [0.5, 0.6) is 11.5 Å². The molecule has 0 unspecified atom stereocenters. The molecule has 0 bridgehead atoms. The predicted octanol–water partition coefficient (Wildman–Crippen LogP) is 5.75. The lowest BCUT2D eigenvalue weighted by atomic mass is 10.1. The molecule has 1 aliphatic rings. The second kappa shape index (κ2) is 10.1. The number of methoxy groups -OCH3 is 1. The number of hydrogen-bond acceptors (Lipinski definition) is 5. The first kappa shape index (κ1) is 22.3. The molecule has 3 aromatic rings. The van der Waals surface area contributed by atoms with Gasteiger partial charge in [0, 0.05) is 18.0 Å². The van der Waals surface area contributed by atoms with Crippen molar-refractivity contribution >= 4 is 23.0 Å². The van der Waals surface area contributed by atoms with Crippen LogP contribution in [0.1, 0.15) is 30.9 Å². The number of nitrogens with one attached hydrogen (secondary N) is 1. The molecule has 4 rings (SSSR count). The van der Waals surface area contributed by atoms with Crippen LogP contribution in [0.15, 0.2) is 78.8 Å². The highest BCUT2D eigenvalue weighted by Crippen LogP contribution is 2.29. The molecule has 0 radical (unpaired) electrons. The molecule has 1 N–H and O–H groups in total. The van der Waals surface area contributed by atoms with Crippen molar-refractivity contribution < 1.29 is 9.47 Å². The standard InChI is InChI=1S/C27H28N4O2/c1-19-6-4-5-7-21(9-8-19)17-33-25-11-10-22(12-26(25)32-3)16-31-18-30-24-13-23(20(2)14-28)15-29-27(24)31/h6-15,18,28H,2,4-5,16-17H2,1,3H3/b9-8?,19-6+,21-7?,28-14?. The lowest BCUT2D eigenvalue weighted by molar-refractivity contribution is 0.321. The van der Waals surface area contributed by atoms with Crippen molar-refractivity contribution in [1.82, 2.24) is 14.5 Å². The van der Waals surface area contributed by atoms with E-state index >= 15 is 0 Å². The maximum absolute atomic E-state index is 7.37. The summed E-state index contributed by atoms with van der Waals surface area (Å²) >= 11 is 0. The van der Waals surface area contributed by atoms with Gasteiger partial charge in [-0.3, -0.25) is 0 Å². The van der Waals surface area contributed by atoms with Gasteiger partial charge >= 0.3 is 0 Å². The zero-order valence-electron chi connectivity index (χ0n) is 19.0. The second-order valence-corrected chi connectivity index (χ2v) is 8.02. The Balaban J connectivity index is 1.49. The van der Waals surface area contributed by atoms with Crippen LogP contribution in [0.3, 0.4) is 0 Å². The van der Waals surface area contributed by atoms with Crippen LogP contribution in [0.4, 0.5) is 0 Å². The van der Waals surface area contributed by atoms with Crippen molar-refractivity contribution in [3.8, 4) is 11.5 Å². The molecule has 0 saturated carbocycles. The van der Waals surface area contributed by atoms with E-state index in [0.717, 1.165) is 40.7 Å². The summed E-state index contributed by atoms with van der Waals surface area (Å²) in [5.74, 6) is 1.41. The fraction of sp³-hybridized carbons (Fsp3) is 0.222. The Bertz CT molecular complexity index is 1280. The molecule has 6 nitrogen and oxygen atoms in total. The fourth-order valence-corrected chi connectivity index (χ4v) is 3.67. The lowest BCUT2D eigenvalue weighted by Crippen LogP contribution is -2.04. The van der Waals surface area contributed by atoms with Crippen LogP contribution in [-0.2, 0) is 6.54 Å². The molecule has 1 aliphatic carbocycles. The summed E-state index contributed by atoms with van der Waals surface area (Å²) in [5, 5.41) is 7.37. The Kier molecular flexibility index (Phi) is 6.83. The number of pyridine rings is 1. The summed E-state index contributed by atoms with van der Waals surface area (Å²) in [5.41, 5.74) is 6.45. The smallest absolute Gasteiger partial charge is 0.161 e. The van der Waals surface area contributed by atoms with Gasteiger partial charge in [-0.05, 0) is 54.7 Å². The van der Waals surface area contributed by atoms with Gasteiger partial charge in [0.2, 0.25) is 0 Å². The molecule has 168 valence electrons. The Morgan fingerprint density at radius 1 is 1.15 bits per heavy atom. The van der Waals surface area contributed by atoms with Crippen molar-refractivity contribution in [1.29, 1.82) is 5.41 Å². The molecule has 2 heterocycles. The minimum Gasteiger partial charge on any atom is -0.493 e. The zero-order valence-corrected chi connectivity index (χ0v) is 19.0. The number of imidazole rings is 1. The molecular weight excluding hydrogens is 412 g/mol. The molecular formula is C27H28N4O2. The Labute approximate surface area is 194 Å². The Morgan fingerprint density at radius 2 is 2.00 bits per heavy atom. The minimum atomic E-state index is 0.499. The van der Waals surface area contributed by atoms with E-state index in [1.165, 1.54) is 11.8 Å². The molecule has 6 heteroatoms. The first-order chi connectivity index (χ1) is 16.1. The summed E-state index contributed by atoms with van der Waals surface area (Å²) in [6.07, 6.45) is 15.5. The highest BCUT2D eigenvalue weighted by atomic mass is 16.5. The van der Waals surface area contributed by atoms with Crippen molar-refractivity contribution in [3.05, 3.63) is 89.9 Å². The molecule has 0 saturated heterocycles. The van der Waals surface area contributed by atoms with Crippen molar-refractivity contribution in [2.75, 3.05) is 13.7 Å². The third kappa shape index (κ3) is 5.29. The summed E-state index contributed by atoms with van der Waals surface area (Å²) in [4.78, 5) is 9.00. The van der Waals surface area contributed by atoms with Crippen molar-refractivity contribution in [2.24, 2.45) is 0 Å². The van der Waals surface area contributed by atoms with E-state index in [2.05, 4.69) is 47.8 Å². The van der Waals surface area contributed by atoms with Crippen LogP contribution < -0.4 is 9.47 Å². The molecule has 33 heavy (non-hydrogen) atoms. The van der Waals surface area contributed by atoms with E-state index in [1.54, 1.807) is 19.6 Å². The van der Waals surface area contributed by atoms with E-state index in [-0.39, 0.29) is 0 Å². The Morgan fingerprint density at radius 3 is 2.82 bits per heavy atom. The van der Waals surface area contributed by atoms with E-state index in [1.807, 2.05) is 28.8 Å². The first-order valence-electron chi connectivity index (χ1n) is 10.9. The van der Waals surface area contributed by atoms with E-state index < -0.39 is 0 Å². The van der Waals surface area contributed by atoms with E-state index in [9.17, 15) is 0 Å². The fourth-order valence-electron chi connectivity index (χ4n) is 3.67. The summed E-state index contributed by atoms with van der Waals surface area (Å²) in [7, 11) is 1.65. The number of nitrogens with zero attached hydrogens (tertiary/aromatic N) is 3. The molecule has 0 spiro atoms. The van der Waals surface area contributed by atoms with E-state index in [4.69, 9.17) is 14.9 Å². The van der Waals surface area contributed by atoms with Gasteiger partial charge in [0.25, 0.3) is 0 Å². The number of fused-ring (bicyclic) bond motifs is 1. The number of benzene rings is 1. The zero-order chi connectivity index (χ0) is 23.2. The normalized spacial score (nSPS) is 15.2. The largest absolute Gasteiger partial charge is 0.493 e. The van der Waals surface area contributed by atoms with Crippen molar-refractivity contribution in [2.45, 2.75) is 26.3 Å². The minimum absolute atomic E-state index is 0.499. The van der Waals surface area contributed by atoms with Crippen LogP contribution in [0, 0.1) is 5.41 Å². The summed E-state index contributed by atoms with van der Waals surface area (Å²) < 4.78 is 13.7. The quantitative estimate of drug-likeness (QED) is 0.453. The molecule has 0 atom stereocenters. The number of allylic oxidation sites excluding steroid dienone is 5. The van der Waals surface area contributed by atoms with Crippen LogP contribution in [0.2, 0.25) is 0 Å². The molecule has 0 amide bonds. The van der Waals surface area contributed by atoms with Gasteiger partial charge in [0.05, 0.1) is 20.0 Å². The van der Waals surface area contributed by atoms with Gasteiger partial charge in [-0.15, -0.1) is 0 Å². The van der Waals surface area contributed by atoms with Crippen LogP contribution >= 0.6 is 0 Å². The molecule has 0 fully saturated rings. The number of ether oxygens (including phenoxy) is 2. The van der Waals surface area contributed by atoms with Gasteiger partial charge in [-0.2, -0.15) is 0 Å². The SMILES string of the molecule is C=C(C=N)c1cnc2c(c1)ncn2Cc1ccc(OCC2=CCC/C=C(\C)C=C2)c(OC)c1. The van der Waals surface area contributed by atoms with Gasteiger partial charge in [0.15, 0.2) is 17.1 Å². The van der Waals surface area contributed by atoms with E-state index in [0.29, 0.717) is 30.2 Å². The van der Waals surface area contributed by atoms with Gasteiger partial charge in [-0.25, -0.2) is 9.97 Å². The van der Waals surface area contributed by atoms with Gasteiger partial charge < -0.3 is 19.5 Å². The van der Waals surface area contributed by atoms with Crippen molar-refractivity contribution in [3.63, 3.8) is 0 Å². The average Bonchev–Trinajstić information content (AvgIpc) is 3.23. The Hall–Kier alpha value is -3.93.